The second kappa shape index (κ2) is 6.45. The number of rotatable bonds is 2. The number of likely N-dealkylation sites (tertiary alicyclic amines) is 1. The highest BCUT2D eigenvalue weighted by Crippen LogP contribution is 2.33. The zero-order chi connectivity index (χ0) is 15.0. The van der Waals surface area contributed by atoms with Gasteiger partial charge in [0.2, 0.25) is 0 Å². The Labute approximate surface area is 137 Å². The van der Waals surface area contributed by atoms with Gasteiger partial charge in [0, 0.05) is 46.1 Å². The summed E-state index contributed by atoms with van der Waals surface area (Å²) < 4.78 is 0. The van der Waals surface area contributed by atoms with Crippen molar-refractivity contribution in [1.29, 1.82) is 0 Å². The van der Waals surface area contributed by atoms with Crippen molar-refractivity contribution in [3.8, 4) is 0 Å². The molecule has 2 heterocycles. The summed E-state index contributed by atoms with van der Waals surface area (Å²) >= 11 is 0. The minimum Gasteiger partial charge on any atom is -0.371 e. The van der Waals surface area contributed by atoms with Crippen molar-refractivity contribution in [3.63, 3.8) is 0 Å². The van der Waals surface area contributed by atoms with Crippen LogP contribution in [0.2, 0.25) is 0 Å². The summed E-state index contributed by atoms with van der Waals surface area (Å²) in [4.78, 5) is 4.89. The molecule has 2 unspecified atom stereocenters. The van der Waals surface area contributed by atoms with Crippen LogP contribution in [-0.4, -0.2) is 48.6 Å². The lowest BCUT2D eigenvalue weighted by atomic mass is 9.82. The van der Waals surface area contributed by atoms with Crippen molar-refractivity contribution in [2.45, 2.75) is 39.2 Å². The van der Waals surface area contributed by atoms with E-state index in [1.807, 2.05) is 0 Å². The Kier molecular flexibility index (Phi) is 5.01. The standard InChI is InChI=1S/C18H27N3.CH4.H2/c1-4-17-16(6-9-20(17)3)13-21-10-7-14-11-18(2,19)8-5-15(14)12-21;;/h5,8,16H,1,6-7,9-13,19H2,2-3H3;1H4;1H. The van der Waals surface area contributed by atoms with Crippen molar-refractivity contribution >= 4 is 0 Å². The van der Waals surface area contributed by atoms with E-state index in [9.17, 15) is 0 Å². The van der Waals surface area contributed by atoms with Gasteiger partial charge in [-0.1, -0.05) is 31.7 Å². The van der Waals surface area contributed by atoms with Crippen LogP contribution >= 0.6 is 0 Å². The maximum atomic E-state index is 6.24. The fourth-order valence-corrected chi connectivity index (χ4v) is 3.91. The molecule has 0 amide bonds. The maximum absolute atomic E-state index is 6.24. The minimum absolute atomic E-state index is 0. The lowest BCUT2D eigenvalue weighted by molar-refractivity contribution is 0.251. The summed E-state index contributed by atoms with van der Waals surface area (Å²) in [5.41, 5.74) is 13.6. The topological polar surface area (TPSA) is 32.5 Å². The van der Waals surface area contributed by atoms with E-state index in [4.69, 9.17) is 5.73 Å². The van der Waals surface area contributed by atoms with Crippen LogP contribution in [0, 0.1) is 5.92 Å². The number of hydrogen-bond donors (Lipinski definition) is 1. The predicted octanol–water partition coefficient (Wildman–Crippen LogP) is 3.17. The molecule has 3 rings (SSSR count). The monoisotopic (exact) mass is 303 g/mol. The fraction of sp³-hybridized carbons (Fsp3) is 0.632. The molecule has 0 aromatic rings. The summed E-state index contributed by atoms with van der Waals surface area (Å²) in [6.45, 7) is 10.5. The number of nitrogens with zero attached hydrogens (tertiary/aromatic N) is 2. The van der Waals surface area contributed by atoms with Crippen molar-refractivity contribution in [3.05, 3.63) is 41.3 Å². The second-order valence-electron chi connectivity index (χ2n) is 7.10. The van der Waals surface area contributed by atoms with Crippen molar-refractivity contribution < 1.29 is 1.43 Å². The van der Waals surface area contributed by atoms with E-state index in [0.717, 1.165) is 32.6 Å². The summed E-state index contributed by atoms with van der Waals surface area (Å²) in [7, 11) is 2.15. The number of nitrogens with two attached hydrogens (primary N) is 1. The largest absolute Gasteiger partial charge is 0.371 e. The third kappa shape index (κ3) is 3.38. The fourth-order valence-electron chi connectivity index (χ4n) is 3.91. The predicted molar refractivity (Wildman–Crippen MR) is 96.7 cm³/mol. The first-order valence-corrected chi connectivity index (χ1v) is 8.01. The van der Waals surface area contributed by atoms with E-state index in [-0.39, 0.29) is 14.4 Å². The normalized spacial score (nSPS) is 31.9. The van der Waals surface area contributed by atoms with Crippen LogP contribution in [0.1, 0.15) is 35.0 Å². The molecular formula is C19H33N3. The van der Waals surface area contributed by atoms with Crippen LogP contribution in [0.5, 0.6) is 0 Å². The van der Waals surface area contributed by atoms with Gasteiger partial charge in [-0.05, 0) is 31.8 Å². The van der Waals surface area contributed by atoms with E-state index < -0.39 is 0 Å². The molecule has 3 aliphatic rings. The van der Waals surface area contributed by atoms with Crippen LogP contribution in [-0.2, 0) is 0 Å². The van der Waals surface area contributed by atoms with Gasteiger partial charge in [-0.3, -0.25) is 4.90 Å². The molecule has 0 spiro atoms. The average Bonchev–Trinajstić information content (AvgIpc) is 2.78. The van der Waals surface area contributed by atoms with Crippen molar-refractivity contribution in [2.24, 2.45) is 11.7 Å². The molecule has 2 aliphatic heterocycles. The van der Waals surface area contributed by atoms with Gasteiger partial charge in [0.15, 0.2) is 0 Å². The molecule has 124 valence electrons. The highest BCUT2D eigenvalue weighted by atomic mass is 15.2. The lowest BCUT2D eigenvalue weighted by Gasteiger charge is -2.36. The van der Waals surface area contributed by atoms with E-state index >= 15 is 0 Å². The molecule has 0 saturated carbocycles. The summed E-state index contributed by atoms with van der Waals surface area (Å²) in [6, 6.07) is 0. The van der Waals surface area contributed by atoms with Gasteiger partial charge >= 0.3 is 0 Å². The molecule has 0 bridgehead atoms. The van der Waals surface area contributed by atoms with Gasteiger partial charge in [0.25, 0.3) is 0 Å². The lowest BCUT2D eigenvalue weighted by Crippen LogP contribution is -2.41. The highest BCUT2D eigenvalue weighted by Gasteiger charge is 2.30. The Morgan fingerprint density at radius 2 is 2.27 bits per heavy atom. The molecule has 1 saturated heterocycles. The third-order valence-electron chi connectivity index (χ3n) is 5.11. The molecule has 2 atom stereocenters. The van der Waals surface area contributed by atoms with Gasteiger partial charge in [0.1, 0.15) is 0 Å². The molecule has 3 nitrogen and oxygen atoms in total. The summed E-state index contributed by atoms with van der Waals surface area (Å²) in [6.07, 6.45) is 7.86. The third-order valence-corrected chi connectivity index (χ3v) is 5.11. The molecule has 0 aromatic carbocycles. The second-order valence-corrected chi connectivity index (χ2v) is 7.10. The minimum atomic E-state index is -0.145. The first kappa shape index (κ1) is 17.1. The first-order chi connectivity index (χ1) is 9.98. The smallest absolute Gasteiger partial charge is 0.0600 e. The van der Waals surface area contributed by atoms with Gasteiger partial charge < -0.3 is 10.6 Å². The zero-order valence-electron chi connectivity index (χ0n) is 13.4. The molecular weight excluding hydrogens is 270 g/mol. The van der Waals surface area contributed by atoms with Gasteiger partial charge in [-0.2, -0.15) is 0 Å². The molecule has 3 heteroatoms. The summed E-state index contributed by atoms with van der Waals surface area (Å²) in [5.74, 6) is 0.599. The van der Waals surface area contributed by atoms with Crippen LogP contribution in [0.25, 0.3) is 0 Å². The average molecular weight is 303 g/mol. The highest BCUT2D eigenvalue weighted by molar-refractivity contribution is 5.37. The Morgan fingerprint density at radius 1 is 1.50 bits per heavy atom. The Morgan fingerprint density at radius 3 is 3.00 bits per heavy atom. The molecule has 22 heavy (non-hydrogen) atoms. The van der Waals surface area contributed by atoms with Gasteiger partial charge in [0.05, 0.1) is 5.70 Å². The van der Waals surface area contributed by atoms with E-state index in [1.54, 1.807) is 5.57 Å². The number of hydrogen-bond acceptors (Lipinski definition) is 3. The molecule has 1 fully saturated rings. The van der Waals surface area contributed by atoms with Crippen LogP contribution in [0.4, 0.5) is 0 Å². The van der Waals surface area contributed by atoms with Crippen LogP contribution < -0.4 is 5.73 Å². The Bertz CT molecular complexity index is 541. The van der Waals surface area contributed by atoms with E-state index in [2.05, 4.69) is 48.2 Å². The quantitative estimate of drug-likeness (QED) is 0.795. The van der Waals surface area contributed by atoms with Crippen LogP contribution in [0.15, 0.2) is 41.3 Å². The molecule has 0 radical (unpaired) electrons. The Hall–Kier alpha value is -1.28. The summed E-state index contributed by atoms with van der Waals surface area (Å²) in [5, 5.41) is 0. The van der Waals surface area contributed by atoms with Gasteiger partial charge in [-0.15, -0.1) is 5.73 Å². The van der Waals surface area contributed by atoms with Crippen molar-refractivity contribution in [2.75, 3.05) is 33.2 Å². The van der Waals surface area contributed by atoms with E-state index in [0.29, 0.717) is 5.92 Å². The molecule has 1 aliphatic carbocycles. The van der Waals surface area contributed by atoms with Gasteiger partial charge in [-0.25, -0.2) is 0 Å². The van der Waals surface area contributed by atoms with E-state index in [1.165, 1.54) is 24.1 Å². The molecule has 2 N–H and O–H groups in total. The first-order valence-electron chi connectivity index (χ1n) is 8.01. The molecule has 0 aromatic heterocycles. The van der Waals surface area contributed by atoms with Crippen molar-refractivity contribution in [1.82, 2.24) is 9.80 Å². The Balaban J connectivity index is 0.00000132. The zero-order valence-corrected chi connectivity index (χ0v) is 13.4. The van der Waals surface area contributed by atoms with Crippen LogP contribution in [0.3, 0.4) is 0 Å². The maximum Gasteiger partial charge on any atom is 0.0600 e. The SMILES string of the molecule is C.C=C=C1C(CN2CCC3=C(C=CC(C)(N)C3)C2)CCN1C.[HH].